The number of aryl methyl sites for hydroxylation is 2. The molecule has 2 aromatic carbocycles. The minimum atomic E-state index is -4.33. The van der Waals surface area contributed by atoms with Gasteiger partial charge >= 0.3 is 6.18 Å². The molecule has 0 atom stereocenters. The quantitative estimate of drug-likeness (QED) is 0.581. The Morgan fingerprint density at radius 3 is 1.77 bits per heavy atom. The zero-order valence-electron chi connectivity index (χ0n) is 14.8. The van der Waals surface area contributed by atoms with Gasteiger partial charge in [0.15, 0.2) is 11.4 Å². The molecule has 0 fully saturated rings. The van der Waals surface area contributed by atoms with Crippen LogP contribution in [0.3, 0.4) is 0 Å². The molecule has 0 saturated carbocycles. The summed E-state index contributed by atoms with van der Waals surface area (Å²) in [7, 11) is 1.62. The third kappa shape index (κ3) is 3.57. The molecule has 0 aliphatic rings. The fourth-order valence-electron chi connectivity index (χ4n) is 3.06. The monoisotopic (exact) mass is 358 g/mol. The summed E-state index contributed by atoms with van der Waals surface area (Å²) in [6, 6.07) is 17.0. The smallest absolute Gasteiger partial charge is 0.416 e. The number of alkyl halides is 3. The van der Waals surface area contributed by atoms with Crippen LogP contribution < -0.4 is 9.30 Å². The van der Waals surface area contributed by atoms with Gasteiger partial charge in [0, 0.05) is 38.1 Å². The highest BCUT2D eigenvalue weighted by molar-refractivity contribution is 5.64. The number of hydrogen-bond donors (Lipinski definition) is 0. The molecule has 0 aliphatic heterocycles. The van der Waals surface area contributed by atoms with Gasteiger partial charge in [-0.2, -0.15) is 17.7 Å². The Morgan fingerprint density at radius 1 is 0.769 bits per heavy atom. The molecule has 0 bridgehead atoms. The first-order valence-electron chi connectivity index (χ1n) is 8.15. The van der Waals surface area contributed by atoms with Crippen molar-refractivity contribution in [2.45, 2.75) is 20.0 Å². The van der Waals surface area contributed by atoms with E-state index >= 15 is 0 Å². The summed E-state index contributed by atoms with van der Waals surface area (Å²) in [6.07, 6.45) is -4.33. The molecule has 1 aromatic heterocycles. The topological polar surface area (TPSA) is 13.1 Å². The van der Waals surface area contributed by atoms with Crippen molar-refractivity contribution in [3.63, 3.8) is 0 Å². The highest BCUT2D eigenvalue weighted by Crippen LogP contribution is 2.29. The number of halogens is 3. The molecule has 0 radical (unpaired) electrons. The maximum absolute atomic E-state index is 12.8. The molecule has 1 heterocycles. The number of nitrogens with zero attached hydrogens (tertiary/aromatic N) is 1. The Kier molecular flexibility index (Phi) is 4.72. The minimum Gasteiger partial charge on any atom is -0.497 e. The second-order valence-electron chi connectivity index (χ2n) is 6.14. The van der Waals surface area contributed by atoms with E-state index in [1.165, 1.54) is 12.1 Å². The first-order valence-corrected chi connectivity index (χ1v) is 8.15. The number of ether oxygens (including phenoxy) is 1. The van der Waals surface area contributed by atoms with Crippen molar-refractivity contribution in [1.82, 2.24) is 0 Å². The normalized spacial score (nSPS) is 11.5. The van der Waals surface area contributed by atoms with Crippen LogP contribution in [0.25, 0.3) is 16.8 Å². The molecule has 3 rings (SSSR count). The molecule has 0 aliphatic carbocycles. The minimum absolute atomic E-state index is 0.646. The summed E-state index contributed by atoms with van der Waals surface area (Å²) in [6.45, 7) is 3.88. The van der Waals surface area contributed by atoms with Gasteiger partial charge in [0.1, 0.15) is 5.75 Å². The summed E-state index contributed by atoms with van der Waals surface area (Å²) in [5.41, 5.74) is 4.04. The average Bonchev–Trinajstić information content (AvgIpc) is 2.61. The van der Waals surface area contributed by atoms with E-state index in [4.69, 9.17) is 4.74 Å². The van der Waals surface area contributed by atoms with Crippen molar-refractivity contribution in [2.75, 3.05) is 7.11 Å². The maximum atomic E-state index is 12.8. The lowest BCUT2D eigenvalue weighted by atomic mass is 10.0. The molecule has 3 aromatic rings. The van der Waals surface area contributed by atoms with Crippen molar-refractivity contribution < 1.29 is 22.5 Å². The fraction of sp³-hybridized carbons (Fsp3) is 0.190. The Bertz CT molecular complexity index is 890. The Hall–Kier alpha value is -2.82. The molecular weight excluding hydrogens is 339 g/mol. The predicted octanol–water partition coefficient (Wildman–Crippen LogP) is 5.27. The van der Waals surface area contributed by atoms with Gasteiger partial charge in [-0.1, -0.05) is 12.1 Å². The zero-order chi connectivity index (χ0) is 18.9. The average molecular weight is 358 g/mol. The van der Waals surface area contributed by atoms with Gasteiger partial charge in [0.05, 0.1) is 12.7 Å². The number of aromatic nitrogens is 1. The molecule has 134 valence electrons. The fourth-order valence-corrected chi connectivity index (χ4v) is 3.06. The third-order valence-corrected chi connectivity index (χ3v) is 4.31. The second-order valence-corrected chi connectivity index (χ2v) is 6.14. The molecule has 0 amide bonds. The van der Waals surface area contributed by atoms with Crippen LogP contribution in [0.2, 0.25) is 0 Å². The van der Waals surface area contributed by atoms with Gasteiger partial charge < -0.3 is 4.74 Å². The van der Waals surface area contributed by atoms with Gasteiger partial charge in [-0.05, 0) is 35.4 Å². The van der Waals surface area contributed by atoms with Crippen LogP contribution >= 0.6 is 0 Å². The lowest BCUT2D eigenvalue weighted by Gasteiger charge is -2.09. The highest BCUT2D eigenvalue weighted by atomic mass is 19.4. The van der Waals surface area contributed by atoms with Crippen LogP contribution in [-0.2, 0) is 6.18 Å². The largest absolute Gasteiger partial charge is 0.497 e. The van der Waals surface area contributed by atoms with Crippen molar-refractivity contribution in [3.8, 4) is 22.6 Å². The van der Waals surface area contributed by atoms with Crippen LogP contribution in [0.5, 0.6) is 5.75 Å². The molecule has 0 N–H and O–H groups in total. The first kappa shape index (κ1) is 18.0. The summed E-state index contributed by atoms with van der Waals surface area (Å²) in [5, 5.41) is 0. The molecule has 26 heavy (non-hydrogen) atoms. The Labute approximate surface area is 150 Å². The number of hydrogen-bond acceptors (Lipinski definition) is 1. The summed E-state index contributed by atoms with van der Waals surface area (Å²) < 4.78 is 45.4. The van der Waals surface area contributed by atoms with Crippen LogP contribution in [-0.4, -0.2) is 7.11 Å². The lowest BCUT2D eigenvalue weighted by molar-refractivity contribution is -0.609. The standard InChI is InChI=1S/C21H19F3NO/c1-14-12-17(16-4-10-20(26-3)11-5-16)13-15(2)25(14)19-8-6-18(7-9-19)21(22,23)24/h4-13H,1-3H3/q+1. The molecule has 0 unspecified atom stereocenters. The SMILES string of the molecule is COc1ccc(-c2cc(C)[n+](-c3ccc(C(F)(F)F)cc3)c(C)c2)cc1. The van der Waals surface area contributed by atoms with Crippen LogP contribution in [0.4, 0.5) is 13.2 Å². The molecule has 5 heteroatoms. The van der Waals surface area contributed by atoms with Crippen LogP contribution in [0.1, 0.15) is 17.0 Å². The maximum Gasteiger partial charge on any atom is 0.416 e. The number of rotatable bonds is 3. The van der Waals surface area contributed by atoms with Crippen molar-refractivity contribution in [1.29, 1.82) is 0 Å². The highest BCUT2D eigenvalue weighted by Gasteiger charge is 2.30. The number of benzene rings is 2. The van der Waals surface area contributed by atoms with Gasteiger partial charge in [-0.15, -0.1) is 0 Å². The van der Waals surface area contributed by atoms with Gasteiger partial charge in [-0.25, -0.2) is 0 Å². The third-order valence-electron chi connectivity index (χ3n) is 4.31. The number of pyridine rings is 1. The molecular formula is C21H19F3NO+. The van der Waals surface area contributed by atoms with E-state index in [2.05, 4.69) is 0 Å². The van der Waals surface area contributed by atoms with E-state index in [-0.39, 0.29) is 0 Å². The lowest BCUT2D eigenvalue weighted by Crippen LogP contribution is -2.37. The van der Waals surface area contributed by atoms with Crippen molar-refractivity contribution in [3.05, 3.63) is 77.6 Å². The zero-order valence-corrected chi connectivity index (χ0v) is 14.8. The van der Waals surface area contributed by atoms with E-state index < -0.39 is 11.7 Å². The van der Waals surface area contributed by atoms with Crippen molar-refractivity contribution in [2.24, 2.45) is 0 Å². The van der Waals surface area contributed by atoms with Gasteiger partial charge in [-0.3, -0.25) is 0 Å². The van der Waals surface area contributed by atoms with E-state index in [0.29, 0.717) is 5.69 Å². The van der Waals surface area contributed by atoms with Crippen molar-refractivity contribution >= 4 is 0 Å². The van der Waals surface area contributed by atoms with Gasteiger partial charge in [0.25, 0.3) is 0 Å². The van der Waals surface area contributed by atoms with E-state index in [1.807, 2.05) is 54.8 Å². The van der Waals surface area contributed by atoms with Gasteiger partial charge in [0.2, 0.25) is 5.69 Å². The van der Waals surface area contributed by atoms with E-state index in [0.717, 1.165) is 40.4 Å². The molecule has 0 spiro atoms. The summed E-state index contributed by atoms with van der Waals surface area (Å²) >= 11 is 0. The predicted molar refractivity (Wildman–Crippen MR) is 94.4 cm³/mol. The summed E-state index contributed by atoms with van der Waals surface area (Å²) in [4.78, 5) is 0. The Morgan fingerprint density at radius 2 is 1.31 bits per heavy atom. The van der Waals surface area contributed by atoms with E-state index in [1.54, 1.807) is 7.11 Å². The molecule has 0 saturated heterocycles. The molecule has 2 nitrogen and oxygen atoms in total. The van der Waals surface area contributed by atoms with E-state index in [9.17, 15) is 13.2 Å². The van der Waals surface area contributed by atoms with Crippen LogP contribution in [0, 0.1) is 13.8 Å². The Balaban J connectivity index is 1.99. The first-order chi connectivity index (χ1) is 12.3. The number of methoxy groups -OCH3 is 1. The summed E-state index contributed by atoms with van der Waals surface area (Å²) in [5.74, 6) is 0.790. The second kappa shape index (κ2) is 6.83. The van der Waals surface area contributed by atoms with Crippen LogP contribution in [0.15, 0.2) is 60.7 Å².